The smallest absolute Gasteiger partial charge is 0.243 e. The van der Waals surface area contributed by atoms with Gasteiger partial charge in [-0.1, -0.05) is 12.1 Å². The van der Waals surface area contributed by atoms with Gasteiger partial charge in [0.25, 0.3) is 0 Å². The predicted molar refractivity (Wildman–Crippen MR) is 145 cm³/mol. The predicted octanol–water partition coefficient (Wildman–Crippen LogP) is 3.12. The summed E-state index contributed by atoms with van der Waals surface area (Å²) in [6.45, 7) is 2.25. The fourth-order valence-electron chi connectivity index (χ4n) is 4.50. The van der Waals surface area contributed by atoms with E-state index in [0.717, 1.165) is 5.56 Å². The number of hydrogen-bond acceptors (Lipinski definition) is 11. The van der Waals surface area contributed by atoms with Crippen molar-refractivity contribution in [3.8, 4) is 34.6 Å². The number of anilines is 1. The van der Waals surface area contributed by atoms with Crippen LogP contribution in [-0.2, 0) is 14.8 Å². The van der Waals surface area contributed by atoms with Crippen LogP contribution in [0.2, 0.25) is 0 Å². The highest BCUT2D eigenvalue weighted by Crippen LogP contribution is 2.39. The van der Waals surface area contributed by atoms with E-state index >= 15 is 0 Å². The summed E-state index contributed by atoms with van der Waals surface area (Å²) in [6.07, 6.45) is 3.31. The first kappa shape index (κ1) is 27.3. The fourth-order valence-corrected chi connectivity index (χ4v) is 6.04. The highest BCUT2D eigenvalue weighted by molar-refractivity contribution is 7.93. The molecule has 1 N–H and O–H groups in total. The lowest BCUT2D eigenvalue weighted by Crippen LogP contribution is -2.39. The molecular formula is C26H29N7O6S. The van der Waals surface area contributed by atoms with Crippen LogP contribution in [0.5, 0.6) is 17.4 Å². The number of ether oxygens (including phenoxy) is 4. The van der Waals surface area contributed by atoms with Gasteiger partial charge in [-0.3, -0.25) is 9.29 Å². The van der Waals surface area contributed by atoms with Crippen LogP contribution in [-0.4, -0.2) is 71.3 Å². The molecular weight excluding hydrogens is 538 g/mol. The van der Waals surface area contributed by atoms with E-state index in [9.17, 15) is 8.42 Å². The Hall–Kier alpha value is -4.30. The van der Waals surface area contributed by atoms with Gasteiger partial charge in [-0.25, -0.2) is 23.4 Å². The Morgan fingerprint density at radius 2 is 1.68 bits per heavy atom. The van der Waals surface area contributed by atoms with Gasteiger partial charge in [0.15, 0.2) is 11.6 Å². The van der Waals surface area contributed by atoms with Crippen LogP contribution in [0.4, 0.5) is 5.95 Å². The number of aryl methyl sites for hydroxylation is 1. The van der Waals surface area contributed by atoms with Crippen molar-refractivity contribution >= 4 is 16.0 Å². The second kappa shape index (κ2) is 11.4. The minimum atomic E-state index is -4.10. The lowest BCUT2D eigenvalue weighted by Gasteiger charge is -2.30. The summed E-state index contributed by atoms with van der Waals surface area (Å²) in [4.78, 5) is 13.1. The van der Waals surface area contributed by atoms with E-state index in [-0.39, 0.29) is 11.8 Å². The zero-order valence-corrected chi connectivity index (χ0v) is 23.3. The molecule has 4 aromatic rings. The van der Waals surface area contributed by atoms with Gasteiger partial charge in [0.05, 0.1) is 21.3 Å². The molecule has 210 valence electrons. The van der Waals surface area contributed by atoms with E-state index in [1.54, 1.807) is 48.8 Å². The molecule has 2 atom stereocenters. The molecule has 1 saturated heterocycles. The molecule has 1 aliphatic heterocycles. The maximum atomic E-state index is 13.9. The summed E-state index contributed by atoms with van der Waals surface area (Å²) in [6, 6.07) is 10.3. The van der Waals surface area contributed by atoms with Crippen LogP contribution < -0.4 is 18.9 Å². The molecule has 1 aliphatic rings. The number of rotatable bonds is 9. The number of nitrogens with one attached hydrogen (secondary N) is 1. The van der Waals surface area contributed by atoms with Crippen molar-refractivity contribution in [2.24, 2.45) is 0 Å². The molecule has 0 amide bonds. The number of nitrogens with zero attached hydrogens (tertiary/aromatic N) is 6. The van der Waals surface area contributed by atoms with Crippen LogP contribution in [0, 0.1) is 6.92 Å². The van der Waals surface area contributed by atoms with Crippen LogP contribution in [0.15, 0.2) is 48.8 Å². The maximum Gasteiger partial charge on any atom is 0.243 e. The Morgan fingerprint density at radius 1 is 0.975 bits per heavy atom. The maximum absolute atomic E-state index is 13.9. The van der Waals surface area contributed by atoms with Gasteiger partial charge in [0.1, 0.15) is 34.2 Å². The molecule has 0 aliphatic carbocycles. The highest BCUT2D eigenvalue weighted by Gasteiger charge is 2.40. The molecule has 0 saturated carbocycles. The first-order chi connectivity index (χ1) is 19.4. The SMILES string of the molecule is COc1cccc(-c2nnc(NS(=O)(=O)[C@@H]3CCCO[C@@H]3c3ncc(C)cn3)n2-c2c(OC)cccc2OC)n1. The number of para-hydroxylation sites is 1. The zero-order valence-electron chi connectivity index (χ0n) is 22.4. The van der Waals surface area contributed by atoms with Crippen LogP contribution in [0.25, 0.3) is 17.2 Å². The molecule has 13 nitrogen and oxygen atoms in total. The molecule has 0 spiro atoms. The number of hydrogen-bond donors (Lipinski definition) is 1. The molecule has 1 aromatic carbocycles. The first-order valence-electron chi connectivity index (χ1n) is 12.5. The van der Waals surface area contributed by atoms with Crippen molar-refractivity contribution in [3.05, 3.63) is 60.2 Å². The second-order valence-corrected chi connectivity index (χ2v) is 10.9. The first-order valence-corrected chi connectivity index (χ1v) is 14.0. The Labute approximate surface area is 231 Å². The van der Waals surface area contributed by atoms with Crippen molar-refractivity contribution in [1.29, 1.82) is 0 Å². The quantitative estimate of drug-likeness (QED) is 0.317. The number of benzene rings is 1. The summed E-state index contributed by atoms with van der Waals surface area (Å²) in [5.74, 6) is 1.59. The Morgan fingerprint density at radius 3 is 2.35 bits per heavy atom. The molecule has 5 rings (SSSR count). The van der Waals surface area contributed by atoms with Gasteiger partial charge in [-0.05, 0) is 43.5 Å². The molecule has 0 bridgehead atoms. The topological polar surface area (TPSA) is 152 Å². The monoisotopic (exact) mass is 567 g/mol. The van der Waals surface area contributed by atoms with Crippen LogP contribution in [0.1, 0.15) is 30.3 Å². The molecule has 14 heteroatoms. The number of pyridine rings is 1. The summed E-state index contributed by atoms with van der Waals surface area (Å²) in [5.41, 5.74) is 1.62. The standard InChI is InChI=1S/C26H29N7O6S/c1-16-14-27-24(28-15-16)23-20(11-7-13-39-23)40(34,35)32-26-31-30-25(17-8-5-12-21(29-17)38-4)33(26)22-18(36-2)9-6-10-19(22)37-3/h5-6,8-10,12,14-15,20,23H,7,11,13H2,1-4H3,(H,31,32)/t20-,23+/m1/s1. The lowest BCUT2D eigenvalue weighted by atomic mass is 10.1. The molecule has 40 heavy (non-hydrogen) atoms. The molecule has 3 aromatic heterocycles. The Kier molecular flexibility index (Phi) is 7.80. The van der Waals surface area contributed by atoms with E-state index in [1.807, 2.05) is 6.92 Å². The van der Waals surface area contributed by atoms with Gasteiger partial charge in [0.2, 0.25) is 21.9 Å². The van der Waals surface area contributed by atoms with E-state index in [0.29, 0.717) is 54.0 Å². The minimum Gasteiger partial charge on any atom is -0.494 e. The molecule has 0 radical (unpaired) electrons. The Bertz CT molecular complexity index is 1570. The van der Waals surface area contributed by atoms with E-state index in [4.69, 9.17) is 18.9 Å². The summed E-state index contributed by atoms with van der Waals surface area (Å²) in [5, 5.41) is 7.55. The molecule has 4 heterocycles. The van der Waals surface area contributed by atoms with E-state index < -0.39 is 21.4 Å². The molecule has 0 unspecified atom stereocenters. The average Bonchev–Trinajstić information content (AvgIpc) is 3.39. The largest absolute Gasteiger partial charge is 0.494 e. The van der Waals surface area contributed by atoms with Gasteiger partial charge in [0, 0.05) is 25.1 Å². The van der Waals surface area contributed by atoms with Crippen molar-refractivity contribution in [1.82, 2.24) is 29.7 Å². The van der Waals surface area contributed by atoms with Gasteiger partial charge < -0.3 is 18.9 Å². The summed E-state index contributed by atoms with van der Waals surface area (Å²) >= 11 is 0. The zero-order chi connectivity index (χ0) is 28.3. The third-order valence-corrected chi connectivity index (χ3v) is 8.15. The van der Waals surface area contributed by atoms with Crippen molar-refractivity contribution in [2.45, 2.75) is 31.1 Å². The summed E-state index contributed by atoms with van der Waals surface area (Å²) < 4.78 is 54.4. The highest BCUT2D eigenvalue weighted by atomic mass is 32.2. The summed E-state index contributed by atoms with van der Waals surface area (Å²) in [7, 11) is 0.403. The van der Waals surface area contributed by atoms with E-state index in [2.05, 4.69) is 29.9 Å². The average molecular weight is 568 g/mol. The van der Waals surface area contributed by atoms with Crippen molar-refractivity contribution in [3.63, 3.8) is 0 Å². The third kappa shape index (κ3) is 5.27. The minimum absolute atomic E-state index is 0.0865. The Balaban J connectivity index is 1.63. The lowest BCUT2D eigenvalue weighted by molar-refractivity contribution is 0.0126. The second-order valence-electron chi connectivity index (χ2n) is 9.00. The molecule has 1 fully saturated rings. The van der Waals surface area contributed by atoms with Crippen LogP contribution in [0.3, 0.4) is 0 Å². The van der Waals surface area contributed by atoms with Gasteiger partial charge in [-0.15, -0.1) is 10.2 Å². The number of sulfonamides is 1. The normalized spacial score (nSPS) is 17.3. The van der Waals surface area contributed by atoms with Crippen molar-refractivity contribution < 1.29 is 27.4 Å². The fraction of sp³-hybridized carbons (Fsp3) is 0.346. The third-order valence-electron chi connectivity index (χ3n) is 6.41. The van der Waals surface area contributed by atoms with Gasteiger partial charge in [-0.2, -0.15) is 0 Å². The number of aromatic nitrogens is 6. The number of methoxy groups -OCH3 is 3. The van der Waals surface area contributed by atoms with Gasteiger partial charge >= 0.3 is 0 Å². The van der Waals surface area contributed by atoms with Crippen LogP contribution >= 0.6 is 0 Å². The van der Waals surface area contributed by atoms with E-state index in [1.165, 1.54) is 25.9 Å². The van der Waals surface area contributed by atoms with Crippen molar-refractivity contribution in [2.75, 3.05) is 32.7 Å².